The molecule has 1 aliphatic rings. The number of hydrogen-bond acceptors (Lipinski definition) is 0. The highest BCUT2D eigenvalue weighted by Gasteiger charge is 2.52. The summed E-state index contributed by atoms with van der Waals surface area (Å²) in [5.74, 6) is 0. The van der Waals surface area contributed by atoms with E-state index >= 15 is 0 Å². The fraction of sp³-hybridized carbons (Fsp3) is 0.500. The van der Waals surface area contributed by atoms with Crippen LogP contribution in [0.15, 0.2) is 0 Å². The summed E-state index contributed by atoms with van der Waals surface area (Å²) in [6.45, 7) is 28.5. The van der Waals surface area contributed by atoms with Crippen LogP contribution >= 0.6 is 0 Å². The number of imidazole rings is 1. The minimum absolute atomic E-state index is 0.00398. The van der Waals surface area contributed by atoms with Gasteiger partial charge in [-0.25, -0.2) is 4.57 Å². The fourth-order valence-electron chi connectivity index (χ4n) is 6.91. The molecule has 0 radical (unpaired) electrons. The molecule has 0 spiro atoms. The summed E-state index contributed by atoms with van der Waals surface area (Å²) in [7, 11) is 2.27. The van der Waals surface area contributed by atoms with E-state index in [0.717, 1.165) is 0 Å². The third kappa shape index (κ3) is 2.02. The first-order chi connectivity index (χ1) is 14.7. The zero-order chi connectivity index (χ0) is 23.8. The van der Waals surface area contributed by atoms with Gasteiger partial charge in [-0.2, -0.15) is 4.40 Å². The van der Waals surface area contributed by atoms with Gasteiger partial charge in [0.25, 0.3) is 5.65 Å². The second-order valence-corrected chi connectivity index (χ2v) is 11.6. The van der Waals surface area contributed by atoms with Crippen molar-refractivity contribution >= 4 is 27.3 Å². The molecular formula is C30H39N2+. The van der Waals surface area contributed by atoms with Crippen LogP contribution in [0, 0.1) is 55.4 Å². The van der Waals surface area contributed by atoms with Gasteiger partial charge in [0.1, 0.15) is 11.2 Å². The number of hydrogen-bond donors (Lipinski definition) is 0. The molecule has 1 aliphatic heterocycles. The Labute approximate surface area is 193 Å². The molecule has 0 atom stereocenters. The van der Waals surface area contributed by atoms with Crippen LogP contribution in [0.4, 0.5) is 0 Å². The van der Waals surface area contributed by atoms with Gasteiger partial charge < -0.3 is 0 Å². The first-order valence-electron chi connectivity index (χ1n) is 12.1. The molecule has 0 saturated heterocycles. The summed E-state index contributed by atoms with van der Waals surface area (Å²) in [4.78, 5) is 0. The van der Waals surface area contributed by atoms with E-state index < -0.39 is 0 Å². The van der Waals surface area contributed by atoms with Crippen molar-refractivity contribution in [3.05, 3.63) is 55.9 Å². The molecule has 5 rings (SSSR count). The number of nitrogens with zero attached hydrogens (tertiary/aromatic N) is 2. The molecule has 4 aromatic rings. The van der Waals surface area contributed by atoms with E-state index in [1.807, 2.05) is 0 Å². The number of rotatable bonds is 0. The molecule has 2 aromatic carbocycles. The maximum absolute atomic E-state index is 2.66. The normalized spacial score (nSPS) is 16.8. The van der Waals surface area contributed by atoms with E-state index in [0.29, 0.717) is 0 Å². The van der Waals surface area contributed by atoms with Crippen molar-refractivity contribution in [3.8, 4) is 0 Å². The number of aromatic nitrogens is 2. The van der Waals surface area contributed by atoms with Crippen molar-refractivity contribution in [3.63, 3.8) is 0 Å². The summed E-state index contributed by atoms with van der Waals surface area (Å²) in [5.41, 5.74) is 17.3. The average molecular weight is 428 g/mol. The molecule has 168 valence electrons. The van der Waals surface area contributed by atoms with Crippen LogP contribution in [0.3, 0.4) is 0 Å². The van der Waals surface area contributed by atoms with E-state index in [1.54, 1.807) is 0 Å². The molecule has 0 amide bonds. The van der Waals surface area contributed by atoms with Gasteiger partial charge in [0.2, 0.25) is 0 Å². The number of benzene rings is 2. The summed E-state index contributed by atoms with van der Waals surface area (Å²) in [6.07, 6.45) is 0. The molecule has 2 heteroatoms. The first kappa shape index (κ1) is 21.5. The number of fused-ring (bicyclic) bond motifs is 3. The Morgan fingerprint density at radius 1 is 0.562 bits per heavy atom. The smallest absolute Gasteiger partial charge is 0.229 e. The van der Waals surface area contributed by atoms with Gasteiger partial charge in [-0.1, -0.05) is 27.7 Å². The lowest BCUT2D eigenvalue weighted by Gasteiger charge is -2.44. The van der Waals surface area contributed by atoms with Crippen molar-refractivity contribution < 1.29 is 4.40 Å². The number of aryl methyl sites for hydroxylation is 4. The SMILES string of the molecule is Cc1c(C)c(C)c2c(c1C)c1c(C)c(C)c(C)c3c1[n+]1c(c(C)n(C)c21)C(C)(C)C3(C)C. The van der Waals surface area contributed by atoms with E-state index in [9.17, 15) is 0 Å². The molecule has 2 nitrogen and oxygen atoms in total. The molecule has 0 aliphatic carbocycles. The van der Waals surface area contributed by atoms with Gasteiger partial charge in [-0.05, 0) is 87.4 Å². The third-order valence-electron chi connectivity index (χ3n) is 10.1. The maximum atomic E-state index is 2.66. The van der Waals surface area contributed by atoms with Crippen LogP contribution < -0.4 is 4.40 Å². The first-order valence-corrected chi connectivity index (χ1v) is 12.1. The Balaban J connectivity index is 2.38. The van der Waals surface area contributed by atoms with Gasteiger partial charge in [0.15, 0.2) is 5.69 Å². The zero-order valence-electron chi connectivity index (χ0n) is 22.4. The lowest BCUT2D eigenvalue weighted by atomic mass is 9.59. The van der Waals surface area contributed by atoms with Crippen LogP contribution in [0.2, 0.25) is 0 Å². The molecule has 2 aromatic heterocycles. The quantitative estimate of drug-likeness (QED) is 0.209. The van der Waals surface area contributed by atoms with E-state index in [2.05, 4.69) is 99.1 Å². The van der Waals surface area contributed by atoms with Gasteiger partial charge in [-0.15, -0.1) is 0 Å². The summed E-state index contributed by atoms with van der Waals surface area (Å²) in [5, 5.41) is 4.36. The van der Waals surface area contributed by atoms with Gasteiger partial charge in [-0.3, -0.25) is 0 Å². The Bertz CT molecular complexity index is 1540. The Morgan fingerprint density at radius 3 is 1.59 bits per heavy atom. The molecule has 0 saturated carbocycles. The fourth-order valence-corrected chi connectivity index (χ4v) is 6.91. The van der Waals surface area contributed by atoms with Crippen molar-refractivity contribution in [2.45, 2.75) is 93.9 Å². The minimum Gasteiger partial charge on any atom is -0.229 e. The lowest BCUT2D eigenvalue weighted by Crippen LogP contribution is -2.52. The number of pyridine rings is 1. The van der Waals surface area contributed by atoms with Crippen molar-refractivity contribution in [2.75, 3.05) is 0 Å². The van der Waals surface area contributed by atoms with Gasteiger partial charge >= 0.3 is 0 Å². The highest BCUT2D eigenvalue weighted by Crippen LogP contribution is 2.52. The summed E-state index contributed by atoms with van der Waals surface area (Å²) in [6, 6.07) is 0. The van der Waals surface area contributed by atoms with Crippen molar-refractivity contribution in [1.82, 2.24) is 4.57 Å². The van der Waals surface area contributed by atoms with Gasteiger partial charge in [0.05, 0.1) is 12.4 Å². The summed E-state index contributed by atoms with van der Waals surface area (Å²) < 4.78 is 5.13. The largest absolute Gasteiger partial charge is 0.295 e. The van der Waals surface area contributed by atoms with Crippen LogP contribution in [0.1, 0.15) is 83.6 Å². The molecule has 3 heterocycles. The molecule has 32 heavy (non-hydrogen) atoms. The van der Waals surface area contributed by atoms with Crippen molar-refractivity contribution in [2.24, 2.45) is 7.05 Å². The van der Waals surface area contributed by atoms with Gasteiger partial charge in [0, 0.05) is 34.1 Å². The van der Waals surface area contributed by atoms with Crippen molar-refractivity contribution in [1.29, 1.82) is 0 Å². The topological polar surface area (TPSA) is 9.03 Å². The highest BCUT2D eigenvalue weighted by atomic mass is 15.1. The Morgan fingerprint density at radius 2 is 1.03 bits per heavy atom. The average Bonchev–Trinajstić information content (AvgIpc) is 2.98. The predicted molar refractivity (Wildman–Crippen MR) is 138 cm³/mol. The highest BCUT2D eigenvalue weighted by molar-refractivity contribution is 6.15. The monoisotopic (exact) mass is 427 g/mol. The zero-order valence-corrected chi connectivity index (χ0v) is 22.4. The molecule has 0 unspecified atom stereocenters. The standard InChI is InChI=1S/C30H39N2/c1-14-15(2)19(6)24-22(17(14)4)23-18(5)16(3)20(7)25-26(23)32-27(21(8)31(13)28(24)32)30(11,12)29(25,9)10/h1-13H3/q+1. The molecule has 0 fully saturated rings. The van der Waals surface area contributed by atoms with Crippen LogP contribution in [0.25, 0.3) is 27.3 Å². The Kier molecular flexibility index (Phi) is 4.00. The third-order valence-corrected chi connectivity index (χ3v) is 10.1. The summed E-state index contributed by atoms with van der Waals surface area (Å²) >= 11 is 0. The Hall–Kier alpha value is -2.35. The molecule has 0 N–H and O–H groups in total. The van der Waals surface area contributed by atoms with Crippen LogP contribution in [0.5, 0.6) is 0 Å². The predicted octanol–water partition coefficient (Wildman–Crippen LogP) is 7.11. The maximum Gasteiger partial charge on any atom is 0.295 e. The molecule has 0 bridgehead atoms. The van der Waals surface area contributed by atoms with Crippen LogP contribution in [-0.4, -0.2) is 4.57 Å². The minimum atomic E-state index is 0.00398. The van der Waals surface area contributed by atoms with E-state index in [1.165, 1.54) is 83.2 Å². The second kappa shape index (κ2) is 5.95. The van der Waals surface area contributed by atoms with E-state index in [4.69, 9.17) is 0 Å². The molecular weight excluding hydrogens is 388 g/mol. The lowest BCUT2D eigenvalue weighted by molar-refractivity contribution is -0.500. The van der Waals surface area contributed by atoms with E-state index in [-0.39, 0.29) is 10.8 Å². The second-order valence-electron chi connectivity index (χ2n) is 11.6. The van der Waals surface area contributed by atoms with Crippen LogP contribution in [-0.2, 0) is 17.9 Å².